The summed E-state index contributed by atoms with van der Waals surface area (Å²) in [7, 11) is 0. The fourth-order valence-electron chi connectivity index (χ4n) is 2.38. The molecule has 18 heavy (non-hydrogen) atoms. The van der Waals surface area contributed by atoms with E-state index in [-0.39, 0.29) is 0 Å². The Hall–Kier alpha value is -1.24. The Kier molecular flexibility index (Phi) is 7.24. The van der Waals surface area contributed by atoms with E-state index in [0.717, 1.165) is 11.7 Å². The Balaban J connectivity index is 2.52. The summed E-state index contributed by atoms with van der Waals surface area (Å²) in [4.78, 5) is 0. The molecule has 0 saturated heterocycles. The van der Waals surface area contributed by atoms with Crippen molar-refractivity contribution in [2.45, 2.75) is 46.0 Å². The van der Waals surface area contributed by atoms with Crippen LogP contribution in [0.2, 0.25) is 0 Å². The van der Waals surface area contributed by atoms with Crippen molar-refractivity contribution in [3.8, 4) is 5.75 Å². The van der Waals surface area contributed by atoms with Crippen molar-refractivity contribution in [2.24, 2.45) is 5.92 Å². The number of benzene rings is 1. The normalized spacial score (nSPS) is 10.6. The molecule has 0 N–H and O–H groups in total. The van der Waals surface area contributed by atoms with Gasteiger partial charge in [-0.3, -0.25) is 0 Å². The Morgan fingerprint density at radius 2 is 1.72 bits per heavy atom. The van der Waals surface area contributed by atoms with Crippen LogP contribution in [0.3, 0.4) is 0 Å². The molecule has 1 aromatic carbocycles. The first-order valence-corrected chi connectivity index (χ1v) is 7.12. The van der Waals surface area contributed by atoms with E-state index >= 15 is 0 Å². The second-order valence-corrected chi connectivity index (χ2v) is 4.89. The van der Waals surface area contributed by atoms with Crippen molar-refractivity contribution in [2.75, 3.05) is 6.61 Å². The molecule has 0 heterocycles. The van der Waals surface area contributed by atoms with Gasteiger partial charge in [-0.1, -0.05) is 64.3 Å². The number of rotatable bonds is 9. The quantitative estimate of drug-likeness (QED) is 0.556. The van der Waals surface area contributed by atoms with Crippen LogP contribution in [0, 0.1) is 5.92 Å². The van der Waals surface area contributed by atoms with Gasteiger partial charge in [0.2, 0.25) is 0 Å². The van der Waals surface area contributed by atoms with Crippen molar-refractivity contribution in [3.63, 3.8) is 0 Å². The predicted molar refractivity (Wildman–Crippen MR) is 79.1 cm³/mol. The van der Waals surface area contributed by atoms with Crippen LogP contribution in [0.15, 0.2) is 36.9 Å². The standard InChI is InChI=1S/C17H26O/c1-4-7-15(8-5-2)14-16-9-11-17(12-10-16)18-13-6-3/h6,9-12,15H,3-5,7-8,13-14H2,1-2H3. The van der Waals surface area contributed by atoms with E-state index in [1.54, 1.807) is 6.08 Å². The van der Waals surface area contributed by atoms with Gasteiger partial charge in [-0.2, -0.15) is 0 Å². The fourth-order valence-corrected chi connectivity index (χ4v) is 2.38. The van der Waals surface area contributed by atoms with Gasteiger partial charge in [0.1, 0.15) is 12.4 Å². The molecule has 0 unspecified atom stereocenters. The predicted octanol–water partition coefficient (Wildman–Crippen LogP) is 5.01. The Bertz CT molecular complexity index is 320. The number of hydrogen-bond acceptors (Lipinski definition) is 1. The zero-order valence-electron chi connectivity index (χ0n) is 11.8. The zero-order chi connectivity index (χ0) is 13.2. The van der Waals surface area contributed by atoms with E-state index in [4.69, 9.17) is 4.74 Å². The van der Waals surface area contributed by atoms with Crippen LogP contribution in [0.4, 0.5) is 0 Å². The number of ether oxygens (including phenoxy) is 1. The molecule has 0 amide bonds. The highest BCUT2D eigenvalue weighted by Gasteiger charge is 2.07. The maximum absolute atomic E-state index is 5.49. The SMILES string of the molecule is C=CCOc1ccc(CC(CCC)CCC)cc1. The van der Waals surface area contributed by atoms with Gasteiger partial charge in [0.15, 0.2) is 0 Å². The van der Waals surface area contributed by atoms with Crippen molar-refractivity contribution in [1.29, 1.82) is 0 Å². The van der Waals surface area contributed by atoms with Crippen LogP contribution in [-0.2, 0) is 6.42 Å². The molecule has 1 aromatic rings. The highest BCUT2D eigenvalue weighted by atomic mass is 16.5. The summed E-state index contributed by atoms with van der Waals surface area (Å²) < 4.78 is 5.49. The van der Waals surface area contributed by atoms with E-state index in [1.165, 1.54) is 37.7 Å². The molecule has 0 aliphatic rings. The van der Waals surface area contributed by atoms with Crippen molar-refractivity contribution < 1.29 is 4.74 Å². The molecule has 0 spiro atoms. The van der Waals surface area contributed by atoms with Crippen LogP contribution < -0.4 is 4.74 Å². The van der Waals surface area contributed by atoms with Gasteiger partial charge in [0, 0.05) is 0 Å². The maximum Gasteiger partial charge on any atom is 0.119 e. The van der Waals surface area contributed by atoms with Gasteiger partial charge in [-0.05, 0) is 30.0 Å². The van der Waals surface area contributed by atoms with E-state index in [0.29, 0.717) is 6.61 Å². The topological polar surface area (TPSA) is 9.23 Å². The summed E-state index contributed by atoms with van der Waals surface area (Å²) >= 11 is 0. The lowest BCUT2D eigenvalue weighted by atomic mass is 9.91. The average Bonchev–Trinajstić information content (AvgIpc) is 2.38. The summed E-state index contributed by atoms with van der Waals surface area (Å²) in [6, 6.07) is 8.51. The van der Waals surface area contributed by atoms with E-state index in [2.05, 4.69) is 44.7 Å². The Labute approximate surface area is 112 Å². The van der Waals surface area contributed by atoms with Gasteiger partial charge in [0.05, 0.1) is 0 Å². The van der Waals surface area contributed by atoms with E-state index in [9.17, 15) is 0 Å². The summed E-state index contributed by atoms with van der Waals surface area (Å²) in [6.07, 6.45) is 8.21. The van der Waals surface area contributed by atoms with Crippen LogP contribution in [0.25, 0.3) is 0 Å². The first-order chi connectivity index (χ1) is 8.80. The third-order valence-electron chi connectivity index (χ3n) is 3.21. The summed E-state index contributed by atoms with van der Waals surface area (Å²) in [5.41, 5.74) is 1.42. The molecule has 1 nitrogen and oxygen atoms in total. The maximum atomic E-state index is 5.49. The molecule has 0 saturated carbocycles. The van der Waals surface area contributed by atoms with E-state index < -0.39 is 0 Å². The fraction of sp³-hybridized carbons (Fsp3) is 0.529. The highest BCUT2D eigenvalue weighted by molar-refractivity contribution is 5.27. The van der Waals surface area contributed by atoms with Crippen LogP contribution >= 0.6 is 0 Å². The third kappa shape index (κ3) is 5.39. The molecule has 0 radical (unpaired) electrons. The zero-order valence-corrected chi connectivity index (χ0v) is 11.8. The Morgan fingerprint density at radius 1 is 1.11 bits per heavy atom. The first-order valence-electron chi connectivity index (χ1n) is 7.12. The monoisotopic (exact) mass is 246 g/mol. The van der Waals surface area contributed by atoms with Crippen molar-refractivity contribution in [3.05, 3.63) is 42.5 Å². The van der Waals surface area contributed by atoms with E-state index in [1.807, 2.05) is 0 Å². The summed E-state index contributed by atoms with van der Waals surface area (Å²) in [5, 5.41) is 0. The minimum atomic E-state index is 0.577. The van der Waals surface area contributed by atoms with Crippen molar-refractivity contribution >= 4 is 0 Å². The van der Waals surface area contributed by atoms with Crippen LogP contribution in [0.1, 0.15) is 45.1 Å². The second kappa shape index (κ2) is 8.79. The van der Waals surface area contributed by atoms with Gasteiger partial charge >= 0.3 is 0 Å². The average molecular weight is 246 g/mol. The smallest absolute Gasteiger partial charge is 0.119 e. The van der Waals surface area contributed by atoms with Crippen LogP contribution in [-0.4, -0.2) is 6.61 Å². The number of hydrogen-bond donors (Lipinski definition) is 0. The molecular formula is C17H26O. The first kappa shape index (κ1) is 14.8. The molecule has 0 aliphatic carbocycles. The molecular weight excluding hydrogens is 220 g/mol. The third-order valence-corrected chi connectivity index (χ3v) is 3.21. The van der Waals surface area contributed by atoms with Gasteiger partial charge < -0.3 is 4.74 Å². The molecule has 0 bridgehead atoms. The molecule has 0 aliphatic heterocycles. The minimum absolute atomic E-state index is 0.577. The summed E-state index contributed by atoms with van der Waals surface area (Å²) in [5.74, 6) is 1.76. The lowest BCUT2D eigenvalue weighted by molar-refractivity contribution is 0.363. The van der Waals surface area contributed by atoms with Crippen LogP contribution in [0.5, 0.6) is 5.75 Å². The molecule has 1 rings (SSSR count). The Morgan fingerprint density at radius 3 is 2.22 bits per heavy atom. The molecule has 1 heteroatoms. The molecule has 100 valence electrons. The highest BCUT2D eigenvalue weighted by Crippen LogP contribution is 2.21. The molecule has 0 aromatic heterocycles. The van der Waals surface area contributed by atoms with Gasteiger partial charge in [0.25, 0.3) is 0 Å². The second-order valence-electron chi connectivity index (χ2n) is 4.89. The van der Waals surface area contributed by atoms with Gasteiger partial charge in [-0.25, -0.2) is 0 Å². The lowest BCUT2D eigenvalue weighted by Crippen LogP contribution is -2.04. The largest absolute Gasteiger partial charge is 0.490 e. The van der Waals surface area contributed by atoms with Crippen molar-refractivity contribution in [1.82, 2.24) is 0 Å². The molecule has 0 fully saturated rings. The molecule has 0 atom stereocenters. The lowest BCUT2D eigenvalue weighted by Gasteiger charge is -2.15. The minimum Gasteiger partial charge on any atom is -0.490 e. The summed E-state index contributed by atoms with van der Waals surface area (Å²) in [6.45, 7) is 8.77. The van der Waals surface area contributed by atoms with Gasteiger partial charge in [-0.15, -0.1) is 0 Å².